The van der Waals surface area contributed by atoms with E-state index in [1.807, 2.05) is 0 Å². The maximum atomic E-state index is 9.34. The topological polar surface area (TPSA) is 71.4 Å². The van der Waals surface area contributed by atoms with Gasteiger partial charge >= 0.3 is 8.56 Å². The van der Waals surface area contributed by atoms with Gasteiger partial charge in [0.05, 0.1) is 19.3 Å². The lowest BCUT2D eigenvalue weighted by Crippen LogP contribution is -2.51. The summed E-state index contributed by atoms with van der Waals surface area (Å²) in [5, 5.41) is 18.7. The molecule has 0 aromatic rings. The molecule has 0 bridgehead atoms. The molecule has 66 heavy (non-hydrogen) atoms. The summed E-state index contributed by atoms with van der Waals surface area (Å²) in [6, 6.07) is 0. The Labute approximate surface area is 410 Å². The molecular formula is C59H109NO5Si. The van der Waals surface area contributed by atoms with Gasteiger partial charge in [0, 0.05) is 19.7 Å². The number of ether oxygens (including phenoxy) is 1. The first-order chi connectivity index (χ1) is 31.8. The molecule has 2 N–H and O–H groups in total. The molecule has 10 atom stereocenters. The van der Waals surface area contributed by atoms with Crippen molar-refractivity contribution in [3.63, 3.8) is 0 Å². The molecular weight excluding hydrogens is 831 g/mol. The minimum Gasteiger partial charge on any atom is -0.395 e. The first-order valence-corrected chi connectivity index (χ1v) is 31.5. The zero-order valence-electron chi connectivity index (χ0n) is 45.0. The molecule has 0 amide bonds. The lowest BCUT2D eigenvalue weighted by molar-refractivity contribution is -0.150. The van der Waals surface area contributed by atoms with Crippen LogP contribution in [-0.4, -0.2) is 75.5 Å². The van der Waals surface area contributed by atoms with E-state index in [9.17, 15) is 10.2 Å². The molecule has 4 aliphatic carbocycles. The molecule has 10 unspecified atom stereocenters. The van der Waals surface area contributed by atoms with Crippen LogP contribution in [0.25, 0.3) is 0 Å². The largest absolute Gasteiger partial charge is 0.395 e. The van der Waals surface area contributed by atoms with Crippen LogP contribution in [0.4, 0.5) is 0 Å². The van der Waals surface area contributed by atoms with E-state index >= 15 is 0 Å². The van der Waals surface area contributed by atoms with Crippen molar-refractivity contribution in [3.05, 3.63) is 36.0 Å². The van der Waals surface area contributed by atoms with Crippen molar-refractivity contribution < 1.29 is 23.8 Å². The average molecular weight is 941 g/mol. The maximum Gasteiger partial charge on any atom is 0.333 e. The van der Waals surface area contributed by atoms with E-state index in [-0.39, 0.29) is 25.6 Å². The van der Waals surface area contributed by atoms with Gasteiger partial charge in [0.15, 0.2) is 0 Å². The molecule has 0 aromatic carbocycles. The van der Waals surface area contributed by atoms with Gasteiger partial charge in [0.2, 0.25) is 0 Å². The van der Waals surface area contributed by atoms with Gasteiger partial charge < -0.3 is 23.8 Å². The number of allylic oxidation sites excluding steroid dienone is 5. The number of rotatable bonds is 36. The number of hydrogen-bond acceptors (Lipinski definition) is 6. The van der Waals surface area contributed by atoms with Gasteiger partial charge in [-0.15, -0.1) is 0 Å². The second-order valence-corrected chi connectivity index (χ2v) is 26.8. The molecule has 4 rings (SSSR count). The molecule has 7 heteroatoms. The third-order valence-corrected chi connectivity index (χ3v) is 19.8. The van der Waals surface area contributed by atoms with Crippen LogP contribution in [0, 0.1) is 52.3 Å². The molecule has 0 saturated heterocycles. The Hall–Kier alpha value is -0.803. The fourth-order valence-electron chi connectivity index (χ4n) is 14.0. The Bertz CT molecular complexity index is 1380. The fraction of sp³-hybridized carbons (Fsp3) is 0.898. The summed E-state index contributed by atoms with van der Waals surface area (Å²) in [4.78, 5) is 2.15. The number of unbranched alkanes of at least 4 members (excludes halogenated alkanes) is 11. The highest BCUT2D eigenvalue weighted by Gasteiger charge is 2.59. The molecule has 3 fully saturated rings. The van der Waals surface area contributed by atoms with Crippen molar-refractivity contribution in [3.8, 4) is 0 Å². The summed E-state index contributed by atoms with van der Waals surface area (Å²) in [6.07, 6.45) is 45.9. The molecule has 4 aliphatic rings. The van der Waals surface area contributed by atoms with Crippen molar-refractivity contribution in [1.29, 1.82) is 0 Å². The molecule has 0 radical (unpaired) electrons. The number of hydrogen-bond donors (Lipinski definition) is 2. The van der Waals surface area contributed by atoms with E-state index in [1.54, 1.807) is 5.57 Å². The molecule has 0 aromatic heterocycles. The number of aliphatic hydroxyl groups excluding tert-OH is 2. The number of nitrogens with zero attached hydrogens (tertiary/aromatic N) is 1. The second kappa shape index (κ2) is 30.8. The predicted molar refractivity (Wildman–Crippen MR) is 284 cm³/mol. The van der Waals surface area contributed by atoms with Crippen LogP contribution in [-0.2, 0) is 13.6 Å². The minimum atomic E-state index is -2.41. The Morgan fingerprint density at radius 1 is 0.742 bits per heavy atom. The fourth-order valence-corrected chi connectivity index (χ4v) is 15.5. The SMILES string of the molecule is CCCCC/C=C\C/C=C\CCCCCCCC(OC1CCC2(C)C(=CCC3C2CCC2(C)C(C(C)CCC(CC)C(C)C)CCC32)C1)O[Si](C)(C)OCCCCCCN(CCO)CCO. The van der Waals surface area contributed by atoms with E-state index in [2.05, 4.69) is 96.8 Å². The van der Waals surface area contributed by atoms with Gasteiger partial charge in [0.1, 0.15) is 6.29 Å². The number of aliphatic hydroxyl groups is 2. The average Bonchev–Trinajstić information content (AvgIpc) is 3.64. The monoisotopic (exact) mass is 940 g/mol. The van der Waals surface area contributed by atoms with Crippen LogP contribution in [0.1, 0.15) is 222 Å². The molecule has 0 aliphatic heterocycles. The maximum absolute atomic E-state index is 9.34. The molecule has 3 saturated carbocycles. The molecule has 0 spiro atoms. The molecule has 384 valence electrons. The van der Waals surface area contributed by atoms with Crippen LogP contribution >= 0.6 is 0 Å². The van der Waals surface area contributed by atoms with Gasteiger partial charge in [-0.05, 0) is 187 Å². The third kappa shape index (κ3) is 18.4. The molecule has 0 heterocycles. The smallest absolute Gasteiger partial charge is 0.333 e. The lowest BCUT2D eigenvalue weighted by atomic mass is 9.47. The summed E-state index contributed by atoms with van der Waals surface area (Å²) in [7, 11) is -2.41. The van der Waals surface area contributed by atoms with Gasteiger partial charge in [-0.3, -0.25) is 4.90 Å². The summed E-state index contributed by atoms with van der Waals surface area (Å²) in [6.45, 7) is 25.3. The van der Waals surface area contributed by atoms with Crippen LogP contribution in [0.3, 0.4) is 0 Å². The Kier molecular flexibility index (Phi) is 27.0. The quantitative estimate of drug-likeness (QED) is 0.0282. The summed E-state index contributed by atoms with van der Waals surface area (Å²) < 4.78 is 20.7. The van der Waals surface area contributed by atoms with Crippen LogP contribution in [0.5, 0.6) is 0 Å². The highest BCUT2D eigenvalue weighted by Crippen LogP contribution is 2.67. The first-order valence-electron chi connectivity index (χ1n) is 28.7. The van der Waals surface area contributed by atoms with E-state index in [0.717, 1.165) is 112 Å². The van der Waals surface area contributed by atoms with E-state index < -0.39 is 8.56 Å². The third-order valence-electron chi connectivity index (χ3n) is 18.1. The zero-order valence-corrected chi connectivity index (χ0v) is 46.0. The van der Waals surface area contributed by atoms with Crippen molar-refractivity contribution in [2.75, 3.05) is 39.5 Å². The van der Waals surface area contributed by atoms with Crippen LogP contribution < -0.4 is 0 Å². The van der Waals surface area contributed by atoms with Crippen molar-refractivity contribution in [2.24, 2.45) is 52.3 Å². The summed E-state index contributed by atoms with van der Waals surface area (Å²) in [5.74, 6) is 6.03. The van der Waals surface area contributed by atoms with Crippen molar-refractivity contribution >= 4 is 8.56 Å². The van der Waals surface area contributed by atoms with Crippen molar-refractivity contribution in [1.82, 2.24) is 4.90 Å². The summed E-state index contributed by atoms with van der Waals surface area (Å²) in [5.41, 5.74) is 2.56. The minimum absolute atomic E-state index is 0.144. The highest BCUT2D eigenvalue weighted by atomic mass is 28.4. The Morgan fingerprint density at radius 3 is 2.12 bits per heavy atom. The van der Waals surface area contributed by atoms with Gasteiger partial charge in [-0.1, -0.05) is 142 Å². The predicted octanol–water partition coefficient (Wildman–Crippen LogP) is 15.8. The highest BCUT2D eigenvalue weighted by molar-refractivity contribution is 6.64. The standard InChI is InChI=1S/C59H109NO5Si/c1-10-12-13-14-15-16-17-18-19-20-21-22-23-24-27-30-57(65-66(8,9)63-46-29-26-25-28-41-60(42-44-61)43-45-62)64-52-37-39-58(6)51(47-52)33-34-53-55-36-35-54(59(55,7)40-38-56(53)58)49(5)31-32-50(11-2)48(3)4/h15-16,18-19,33,48-50,52-57,61-62H,10-14,17,20-32,34-47H2,1-9H3/b16-15-,19-18-. The summed E-state index contributed by atoms with van der Waals surface area (Å²) >= 11 is 0. The Morgan fingerprint density at radius 2 is 1.42 bits per heavy atom. The zero-order chi connectivity index (χ0) is 47.8. The first kappa shape index (κ1) is 57.8. The van der Waals surface area contributed by atoms with E-state index in [1.165, 1.54) is 116 Å². The lowest BCUT2D eigenvalue weighted by Gasteiger charge is -2.58. The van der Waals surface area contributed by atoms with Crippen molar-refractivity contribution in [2.45, 2.75) is 247 Å². The molecule has 6 nitrogen and oxygen atoms in total. The van der Waals surface area contributed by atoms with Gasteiger partial charge in [-0.25, -0.2) is 0 Å². The second-order valence-electron chi connectivity index (χ2n) is 23.5. The van der Waals surface area contributed by atoms with E-state index in [0.29, 0.717) is 23.9 Å². The number of fused-ring (bicyclic) bond motifs is 5. The van der Waals surface area contributed by atoms with E-state index in [4.69, 9.17) is 13.6 Å². The van der Waals surface area contributed by atoms with Gasteiger partial charge in [-0.2, -0.15) is 0 Å². The van der Waals surface area contributed by atoms with Gasteiger partial charge in [0.25, 0.3) is 0 Å². The normalized spacial score (nSPS) is 28.3. The van der Waals surface area contributed by atoms with Crippen LogP contribution in [0.2, 0.25) is 13.1 Å². The van der Waals surface area contributed by atoms with Crippen LogP contribution in [0.15, 0.2) is 36.0 Å². The Balaban J connectivity index is 1.29.